The van der Waals surface area contributed by atoms with Gasteiger partial charge in [-0.1, -0.05) is 18.2 Å². The fourth-order valence-corrected chi connectivity index (χ4v) is 5.23. The summed E-state index contributed by atoms with van der Waals surface area (Å²) >= 11 is 0. The molecule has 242 valence electrons. The largest absolute Gasteiger partial charge is 0.499 e. The number of ether oxygens (including phenoxy) is 1. The summed E-state index contributed by atoms with van der Waals surface area (Å²) in [6.07, 6.45) is -14.3. The first-order chi connectivity index (χ1) is 21.2. The van der Waals surface area contributed by atoms with Gasteiger partial charge in [0, 0.05) is 30.5 Å². The SMILES string of the molecule is Cc1nc(-c2cc(-c3cccc(S(C)(=O)=O)c3)ccc2-n2cc(C(F)(F)F)nc2C)c(-c2ccc(OC(F)(F)C(F)(F)F)cc2)o1. The quantitative estimate of drug-likeness (QED) is 0.162. The van der Waals surface area contributed by atoms with Crippen LogP contribution in [-0.2, 0) is 16.0 Å². The number of oxazole rings is 1. The number of halogens is 8. The van der Waals surface area contributed by atoms with E-state index in [1.165, 1.54) is 42.7 Å². The van der Waals surface area contributed by atoms with Gasteiger partial charge in [-0.25, -0.2) is 18.4 Å². The van der Waals surface area contributed by atoms with E-state index in [9.17, 15) is 43.5 Å². The van der Waals surface area contributed by atoms with E-state index in [0.717, 1.165) is 36.7 Å². The zero-order chi connectivity index (χ0) is 33.8. The standard InChI is InChI=1S/C30H21F8N3O4S/c1-16-39-25(28(31,32)33)15-41(16)24-12-9-20(19-5-4-6-22(13-19)46(3,42)43)14-23(24)26-27(44-17(2)40-26)18-7-10-21(11-8-18)45-30(37,38)29(34,35)36/h4-15H,1-3H3. The van der Waals surface area contributed by atoms with E-state index < -0.39 is 39.7 Å². The van der Waals surface area contributed by atoms with Crippen molar-refractivity contribution in [2.45, 2.75) is 37.2 Å². The summed E-state index contributed by atoms with van der Waals surface area (Å²) < 4.78 is 141. The third kappa shape index (κ3) is 6.47. The third-order valence-electron chi connectivity index (χ3n) is 6.71. The van der Waals surface area contributed by atoms with Crippen molar-refractivity contribution in [3.05, 3.63) is 90.3 Å². The van der Waals surface area contributed by atoms with Gasteiger partial charge in [-0.3, -0.25) is 0 Å². The first-order valence-corrected chi connectivity index (χ1v) is 14.9. The van der Waals surface area contributed by atoms with Gasteiger partial charge in [0.15, 0.2) is 27.2 Å². The minimum atomic E-state index is -5.96. The van der Waals surface area contributed by atoms with Crippen LogP contribution in [0.2, 0.25) is 0 Å². The molecule has 2 aromatic heterocycles. The Morgan fingerprint density at radius 2 is 1.43 bits per heavy atom. The van der Waals surface area contributed by atoms with E-state index in [-0.39, 0.29) is 44.9 Å². The minimum absolute atomic E-state index is 0.00346. The molecule has 5 rings (SSSR count). The van der Waals surface area contributed by atoms with Crippen molar-refractivity contribution in [2.75, 3.05) is 6.26 Å². The number of hydrogen-bond donors (Lipinski definition) is 0. The van der Waals surface area contributed by atoms with Crippen molar-refractivity contribution in [1.29, 1.82) is 0 Å². The Morgan fingerprint density at radius 1 is 0.804 bits per heavy atom. The molecule has 0 bridgehead atoms. The highest BCUT2D eigenvalue weighted by Crippen LogP contribution is 2.41. The molecule has 0 amide bonds. The first kappa shape index (κ1) is 32.7. The summed E-state index contributed by atoms with van der Waals surface area (Å²) in [5.41, 5.74) is 0.334. The molecular weight excluding hydrogens is 650 g/mol. The van der Waals surface area contributed by atoms with Crippen molar-refractivity contribution in [1.82, 2.24) is 14.5 Å². The second-order valence-corrected chi connectivity index (χ2v) is 12.1. The number of benzene rings is 3. The number of aromatic nitrogens is 3. The molecule has 0 saturated carbocycles. The summed E-state index contributed by atoms with van der Waals surface area (Å²) in [4.78, 5) is 8.06. The highest BCUT2D eigenvalue weighted by molar-refractivity contribution is 7.90. The lowest BCUT2D eigenvalue weighted by molar-refractivity contribution is -0.360. The number of hydrogen-bond acceptors (Lipinski definition) is 6. The molecule has 0 aliphatic carbocycles. The van der Waals surface area contributed by atoms with Crippen molar-refractivity contribution >= 4 is 9.84 Å². The summed E-state index contributed by atoms with van der Waals surface area (Å²) in [6.45, 7) is 2.82. The van der Waals surface area contributed by atoms with E-state index in [4.69, 9.17) is 4.42 Å². The van der Waals surface area contributed by atoms with Crippen LogP contribution in [0.25, 0.3) is 39.4 Å². The van der Waals surface area contributed by atoms with Crippen LogP contribution in [0.15, 0.2) is 82.2 Å². The molecule has 3 aromatic carbocycles. The summed E-state index contributed by atoms with van der Waals surface area (Å²) in [6, 6.07) is 14.6. The molecule has 0 radical (unpaired) electrons. The van der Waals surface area contributed by atoms with Gasteiger partial charge in [-0.2, -0.15) is 35.1 Å². The second kappa shape index (κ2) is 11.3. The van der Waals surface area contributed by atoms with E-state index in [0.29, 0.717) is 11.1 Å². The zero-order valence-electron chi connectivity index (χ0n) is 23.8. The van der Waals surface area contributed by atoms with Crippen LogP contribution in [0, 0.1) is 13.8 Å². The molecule has 0 saturated heterocycles. The fraction of sp³-hybridized carbons (Fsp3) is 0.200. The number of aryl methyl sites for hydroxylation is 2. The Labute approximate surface area is 256 Å². The van der Waals surface area contributed by atoms with Crippen molar-refractivity contribution in [3.8, 4) is 45.1 Å². The molecule has 0 atom stereocenters. The number of nitrogens with zero attached hydrogens (tertiary/aromatic N) is 3. The van der Waals surface area contributed by atoms with Crippen molar-refractivity contribution in [2.24, 2.45) is 0 Å². The maximum Gasteiger partial charge on any atom is 0.499 e. The maximum atomic E-state index is 13.6. The number of alkyl halides is 8. The Bertz CT molecular complexity index is 2030. The van der Waals surface area contributed by atoms with Gasteiger partial charge in [0.1, 0.15) is 17.3 Å². The topological polar surface area (TPSA) is 87.2 Å². The Kier molecular flexibility index (Phi) is 7.99. The van der Waals surface area contributed by atoms with Gasteiger partial charge in [-0.05, 0) is 66.6 Å². The van der Waals surface area contributed by atoms with Gasteiger partial charge >= 0.3 is 18.5 Å². The Morgan fingerprint density at radius 3 is 2.02 bits per heavy atom. The number of rotatable bonds is 7. The maximum absolute atomic E-state index is 13.6. The molecule has 46 heavy (non-hydrogen) atoms. The molecule has 5 aromatic rings. The van der Waals surface area contributed by atoms with Gasteiger partial charge in [-0.15, -0.1) is 0 Å². The predicted molar refractivity (Wildman–Crippen MR) is 149 cm³/mol. The van der Waals surface area contributed by atoms with Crippen LogP contribution in [0.1, 0.15) is 17.4 Å². The molecule has 0 aliphatic rings. The number of sulfone groups is 1. The van der Waals surface area contributed by atoms with Crippen molar-refractivity contribution < 1.29 is 52.7 Å². The van der Waals surface area contributed by atoms with Gasteiger partial charge in [0.25, 0.3) is 0 Å². The van der Waals surface area contributed by atoms with Crippen LogP contribution >= 0.6 is 0 Å². The Balaban J connectivity index is 1.68. The van der Waals surface area contributed by atoms with Gasteiger partial charge in [0.2, 0.25) is 0 Å². The lowest BCUT2D eigenvalue weighted by atomic mass is 9.98. The predicted octanol–water partition coefficient (Wildman–Crippen LogP) is 8.43. The Hall–Kier alpha value is -4.73. The zero-order valence-corrected chi connectivity index (χ0v) is 24.7. The molecule has 0 N–H and O–H groups in total. The summed E-state index contributed by atoms with van der Waals surface area (Å²) in [5.74, 6) is -0.744. The monoisotopic (exact) mass is 671 g/mol. The highest BCUT2D eigenvalue weighted by atomic mass is 32.2. The molecule has 0 aliphatic heterocycles. The first-order valence-electron chi connectivity index (χ1n) is 13.0. The van der Waals surface area contributed by atoms with Crippen LogP contribution in [-0.4, -0.2) is 41.5 Å². The van der Waals surface area contributed by atoms with Crippen LogP contribution in [0.4, 0.5) is 35.1 Å². The third-order valence-corrected chi connectivity index (χ3v) is 7.82. The summed E-state index contributed by atoms with van der Waals surface area (Å²) in [5, 5.41) is 0. The van der Waals surface area contributed by atoms with E-state index >= 15 is 0 Å². The molecule has 0 fully saturated rings. The lowest BCUT2D eigenvalue weighted by Crippen LogP contribution is -2.41. The van der Waals surface area contributed by atoms with Gasteiger partial charge in [0.05, 0.1) is 10.6 Å². The summed E-state index contributed by atoms with van der Waals surface area (Å²) in [7, 11) is -3.59. The smallest absolute Gasteiger partial charge is 0.440 e. The van der Waals surface area contributed by atoms with E-state index in [2.05, 4.69) is 14.7 Å². The average molecular weight is 672 g/mol. The molecule has 2 heterocycles. The van der Waals surface area contributed by atoms with Crippen LogP contribution < -0.4 is 4.74 Å². The van der Waals surface area contributed by atoms with Crippen LogP contribution in [0.5, 0.6) is 5.75 Å². The fourth-order valence-electron chi connectivity index (χ4n) is 4.56. The lowest BCUT2D eigenvalue weighted by Gasteiger charge is -2.20. The second-order valence-electron chi connectivity index (χ2n) is 10.1. The van der Waals surface area contributed by atoms with Crippen molar-refractivity contribution in [3.63, 3.8) is 0 Å². The number of imidazole rings is 1. The van der Waals surface area contributed by atoms with Gasteiger partial charge < -0.3 is 13.7 Å². The van der Waals surface area contributed by atoms with E-state index in [1.54, 1.807) is 18.2 Å². The minimum Gasteiger partial charge on any atom is -0.440 e. The highest BCUT2D eigenvalue weighted by Gasteiger charge is 2.61. The molecule has 7 nitrogen and oxygen atoms in total. The molecular formula is C30H21F8N3O4S. The molecule has 16 heteroatoms. The van der Waals surface area contributed by atoms with E-state index in [1.807, 2.05) is 0 Å². The average Bonchev–Trinajstić information content (AvgIpc) is 3.54. The van der Waals surface area contributed by atoms with Crippen LogP contribution in [0.3, 0.4) is 0 Å². The normalized spacial score (nSPS) is 12.8. The molecule has 0 spiro atoms. The molecule has 0 unspecified atom stereocenters.